The lowest BCUT2D eigenvalue weighted by atomic mass is 10.00. The molecule has 0 aromatic carbocycles. The van der Waals surface area contributed by atoms with Crippen molar-refractivity contribution >= 4 is 89.7 Å². The number of nitrogens with one attached hydrogen (secondary N) is 2. The molecule has 10 atom stereocenters. The van der Waals surface area contributed by atoms with Gasteiger partial charge in [-0.2, -0.15) is 12.6 Å². The molecule has 20 nitrogen and oxygen atoms in total. The molecule has 2 heterocycles. The number of nitrogens with zero attached hydrogens (tertiary/aromatic N) is 1. The Morgan fingerprint density at radius 1 is 0.525 bits per heavy atom. The van der Waals surface area contributed by atoms with Crippen molar-refractivity contribution in [2.45, 2.75) is 128 Å². The summed E-state index contributed by atoms with van der Waals surface area (Å²) in [7, 11) is 0. The normalized spacial score (nSPS) is 26.3. The molecule has 0 saturated carbocycles. The molecule has 334 valence electrons. The Labute approximate surface area is 356 Å². The van der Waals surface area contributed by atoms with Gasteiger partial charge in [0.05, 0.1) is 29.5 Å². The van der Waals surface area contributed by atoms with E-state index in [4.69, 9.17) is 37.9 Å². The predicted octanol–water partition coefficient (Wildman–Crippen LogP) is 0.304. The van der Waals surface area contributed by atoms with Gasteiger partial charge in [-0.05, 0) is 26.7 Å². The third kappa shape index (κ3) is 18.2. The monoisotopic (exact) mass is 897 g/mol. The number of carbonyl (C=O) groups is 9. The number of esters is 6. The van der Waals surface area contributed by atoms with Crippen LogP contribution in [-0.2, 0) is 81.0 Å². The summed E-state index contributed by atoms with van der Waals surface area (Å²) in [6.07, 6.45) is -7.61. The van der Waals surface area contributed by atoms with Crippen LogP contribution < -0.4 is 10.6 Å². The van der Waals surface area contributed by atoms with Crippen molar-refractivity contribution in [3.05, 3.63) is 0 Å². The van der Waals surface area contributed by atoms with Gasteiger partial charge in [-0.3, -0.25) is 43.2 Å². The first-order valence-corrected chi connectivity index (χ1v) is 21.5. The number of thiol groups is 1. The van der Waals surface area contributed by atoms with Crippen LogP contribution in [0.3, 0.4) is 0 Å². The van der Waals surface area contributed by atoms with Gasteiger partial charge in [0.15, 0.2) is 36.6 Å². The molecule has 0 aliphatic carbocycles. The predicted molar refractivity (Wildman–Crippen MR) is 213 cm³/mol. The van der Waals surface area contributed by atoms with Crippen LogP contribution in [0.2, 0.25) is 0 Å². The first kappa shape index (κ1) is 51.3. The maximum atomic E-state index is 12.8. The second kappa shape index (κ2) is 25.7. The van der Waals surface area contributed by atoms with Crippen LogP contribution in [0.15, 0.2) is 0 Å². The van der Waals surface area contributed by atoms with E-state index in [9.17, 15) is 43.2 Å². The van der Waals surface area contributed by atoms with Crippen LogP contribution in [0, 0.1) is 0 Å². The van der Waals surface area contributed by atoms with Gasteiger partial charge in [0, 0.05) is 67.7 Å². The maximum Gasteiger partial charge on any atom is 0.303 e. The van der Waals surface area contributed by atoms with Crippen molar-refractivity contribution in [2.75, 3.05) is 43.4 Å². The van der Waals surface area contributed by atoms with Gasteiger partial charge in [0.1, 0.15) is 10.9 Å². The lowest BCUT2D eigenvalue weighted by Gasteiger charge is -2.43. The summed E-state index contributed by atoms with van der Waals surface area (Å²) in [6, 6.07) is 0. The smallest absolute Gasteiger partial charge is 0.303 e. The minimum absolute atomic E-state index is 0.0576. The molecule has 0 bridgehead atoms. The van der Waals surface area contributed by atoms with E-state index in [-0.39, 0.29) is 61.2 Å². The van der Waals surface area contributed by atoms with Gasteiger partial charge >= 0.3 is 35.8 Å². The topological polar surface area (TPSA) is 255 Å². The Bertz CT molecular complexity index is 1410. The van der Waals surface area contributed by atoms with E-state index >= 15 is 0 Å². The zero-order valence-corrected chi connectivity index (χ0v) is 36.8. The van der Waals surface area contributed by atoms with Crippen molar-refractivity contribution < 1.29 is 81.0 Å². The van der Waals surface area contributed by atoms with Crippen LogP contribution in [0.4, 0.5) is 0 Å². The molecule has 59 heavy (non-hydrogen) atoms. The molecule has 2 aliphatic rings. The maximum absolute atomic E-state index is 12.8. The van der Waals surface area contributed by atoms with Crippen molar-refractivity contribution in [1.82, 2.24) is 15.5 Å². The minimum Gasteiger partial charge on any atom is -0.456 e. The van der Waals surface area contributed by atoms with Crippen LogP contribution in [0.25, 0.3) is 0 Å². The molecule has 0 aromatic rings. The summed E-state index contributed by atoms with van der Waals surface area (Å²) in [6.45, 7) is 11.2. The third-order valence-corrected chi connectivity index (χ3v) is 10.9. The summed E-state index contributed by atoms with van der Waals surface area (Å²) < 4.78 is 44.1. The fourth-order valence-electron chi connectivity index (χ4n) is 6.08. The van der Waals surface area contributed by atoms with E-state index in [1.165, 1.54) is 13.8 Å². The Morgan fingerprint density at radius 2 is 0.831 bits per heavy atom. The zero-order chi connectivity index (χ0) is 44.4. The molecule has 2 aliphatic heterocycles. The molecule has 2 N–H and O–H groups in total. The quantitative estimate of drug-likeness (QED) is 0.0606. The summed E-state index contributed by atoms with van der Waals surface area (Å²) in [5.41, 5.74) is -1.89. The molecule has 0 unspecified atom stereocenters. The van der Waals surface area contributed by atoms with Crippen LogP contribution in [0.1, 0.15) is 68.2 Å². The molecule has 0 spiro atoms. The van der Waals surface area contributed by atoms with Crippen LogP contribution in [0.5, 0.6) is 0 Å². The van der Waals surface area contributed by atoms with E-state index in [0.717, 1.165) is 51.2 Å². The standard InChI is InChI=1S/C36H55N3O17S3/c1-18-29(51-20(3)40)31(53-22(5)42)33(55-24(7)44)35(49-18)58-16-26(46)37-11-9-13-39(28(48)15-57)14-10-12-38-27(47)17-59-36-34(56-25(8)45)32(54-23(6)43)30(19(2)50-36)52-21(4)41/h18-19,29-36,57H,9-17H2,1-8H3,(H,37,46)(H,38,47)/t18-,19-,29-,30-,31+,32+,33+,34+,35-,36-/m0/s1. The van der Waals surface area contributed by atoms with Crippen LogP contribution >= 0.6 is 36.2 Å². The van der Waals surface area contributed by atoms with Gasteiger partial charge < -0.3 is 53.4 Å². The highest BCUT2D eigenvalue weighted by Gasteiger charge is 2.52. The molecular formula is C36H55N3O17S3. The highest BCUT2D eigenvalue weighted by molar-refractivity contribution is 8.00. The van der Waals surface area contributed by atoms with E-state index < -0.39 is 95.5 Å². The number of rotatable bonds is 21. The summed E-state index contributed by atoms with van der Waals surface area (Å²) in [5, 5.41) is 5.53. The minimum atomic E-state index is -1.18. The average Bonchev–Trinajstić information content (AvgIpc) is 3.13. The number of thioether (sulfide) groups is 2. The van der Waals surface area contributed by atoms with Gasteiger partial charge in [-0.15, -0.1) is 23.5 Å². The van der Waals surface area contributed by atoms with E-state index in [0.29, 0.717) is 12.8 Å². The molecule has 0 radical (unpaired) electrons. The number of ether oxygens (including phenoxy) is 8. The summed E-state index contributed by atoms with van der Waals surface area (Å²) in [5.74, 6) is -5.44. The molecule has 2 rings (SSSR count). The first-order valence-electron chi connectivity index (χ1n) is 18.7. The molecular weight excluding hydrogens is 843 g/mol. The summed E-state index contributed by atoms with van der Waals surface area (Å²) >= 11 is 6.11. The van der Waals surface area contributed by atoms with E-state index in [1.807, 2.05) is 0 Å². The number of carbonyl (C=O) groups excluding carboxylic acids is 9. The van der Waals surface area contributed by atoms with Crippen molar-refractivity contribution in [1.29, 1.82) is 0 Å². The largest absolute Gasteiger partial charge is 0.456 e. The SMILES string of the molecule is CC(=O)O[C@@H]1[C@@H](OC(C)=O)[C@H](C)O[C@@H](SCC(=O)NCCCN(CCCNC(=O)CS[C@@H]2O[C@@H](C)[C@H](OC(C)=O)[C@@H](OC(C)=O)[C@H]2OC(C)=O)C(=O)CS)[C@@H]1OC(C)=O. The molecule has 2 fully saturated rings. The van der Waals surface area contributed by atoms with E-state index in [1.54, 1.807) is 18.7 Å². The number of amides is 3. The lowest BCUT2D eigenvalue weighted by molar-refractivity contribution is -0.229. The van der Waals surface area contributed by atoms with Crippen LogP contribution in [-0.4, -0.2) is 162 Å². The van der Waals surface area contributed by atoms with E-state index in [2.05, 4.69) is 23.3 Å². The Hall–Kier alpha value is -3.80. The Kier molecular flexibility index (Phi) is 22.4. The van der Waals surface area contributed by atoms with Gasteiger partial charge in [-0.1, -0.05) is 0 Å². The highest BCUT2D eigenvalue weighted by Crippen LogP contribution is 2.35. The lowest BCUT2D eigenvalue weighted by Crippen LogP contribution is -2.59. The first-order chi connectivity index (χ1) is 27.7. The highest BCUT2D eigenvalue weighted by atomic mass is 32.2. The second-order valence-corrected chi connectivity index (χ2v) is 15.9. The second-order valence-electron chi connectivity index (χ2n) is 13.4. The Morgan fingerprint density at radius 3 is 1.14 bits per heavy atom. The Balaban J connectivity index is 1.86. The third-order valence-electron chi connectivity index (χ3n) is 8.37. The zero-order valence-electron chi connectivity index (χ0n) is 34.3. The van der Waals surface area contributed by atoms with Crippen molar-refractivity contribution in [2.24, 2.45) is 0 Å². The average molecular weight is 898 g/mol. The fourth-order valence-corrected chi connectivity index (χ4v) is 8.43. The number of hydrogen-bond donors (Lipinski definition) is 3. The number of hydrogen-bond acceptors (Lipinski definition) is 20. The van der Waals surface area contributed by atoms with Gasteiger partial charge in [-0.25, -0.2) is 0 Å². The molecule has 3 amide bonds. The summed E-state index contributed by atoms with van der Waals surface area (Å²) in [4.78, 5) is 111. The molecule has 23 heteroatoms. The van der Waals surface area contributed by atoms with Crippen molar-refractivity contribution in [3.8, 4) is 0 Å². The van der Waals surface area contributed by atoms with Gasteiger partial charge in [0.2, 0.25) is 17.7 Å². The molecule has 0 aromatic heterocycles. The molecule has 2 saturated heterocycles. The fraction of sp³-hybridized carbons (Fsp3) is 0.750. The van der Waals surface area contributed by atoms with Gasteiger partial charge in [0.25, 0.3) is 0 Å². The van der Waals surface area contributed by atoms with Crippen molar-refractivity contribution in [3.63, 3.8) is 0 Å².